The first-order chi connectivity index (χ1) is 16.8. The lowest BCUT2D eigenvalue weighted by Gasteiger charge is -2.17. The van der Waals surface area contributed by atoms with E-state index in [0.717, 1.165) is 6.42 Å². The average Bonchev–Trinajstić information content (AvgIpc) is 3.40. The van der Waals surface area contributed by atoms with E-state index in [4.69, 9.17) is 16.8 Å². The van der Waals surface area contributed by atoms with Crippen molar-refractivity contribution in [3.05, 3.63) is 64.2 Å². The van der Waals surface area contributed by atoms with Gasteiger partial charge in [0.25, 0.3) is 17.6 Å². The minimum absolute atomic E-state index is 0.260. The lowest BCUT2D eigenvalue weighted by Crippen LogP contribution is -2.45. The number of benzene rings is 1. The number of hydrogen-bond acceptors (Lipinski definition) is 7. The van der Waals surface area contributed by atoms with Gasteiger partial charge < -0.3 is 26.4 Å². The Hall–Kier alpha value is -4.10. The van der Waals surface area contributed by atoms with E-state index in [1.54, 1.807) is 35.8 Å². The van der Waals surface area contributed by atoms with Gasteiger partial charge in [-0.3, -0.25) is 20.2 Å². The van der Waals surface area contributed by atoms with Gasteiger partial charge in [0.05, 0.1) is 28.4 Å². The number of ketones is 1. The van der Waals surface area contributed by atoms with E-state index in [1.165, 1.54) is 6.20 Å². The lowest BCUT2D eigenvalue weighted by molar-refractivity contribution is -0.117. The molecular formula is C25H31N7O3. The fourth-order valence-electron chi connectivity index (χ4n) is 4.40. The van der Waals surface area contributed by atoms with Crippen LogP contribution in [0.25, 0.3) is 0 Å². The molecule has 0 radical (unpaired) electrons. The Labute approximate surface area is 204 Å². The predicted octanol–water partition coefficient (Wildman–Crippen LogP) is 1.99. The fourth-order valence-corrected chi connectivity index (χ4v) is 4.40. The highest BCUT2D eigenvalue weighted by atomic mass is 16.2. The molecule has 10 nitrogen and oxygen atoms in total. The summed E-state index contributed by atoms with van der Waals surface area (Å²) in [7, 11) is 0. The van der Waals surface area contributed by atoms with Gasteiger partial charge in [-0.2, -0.15) is 5.26 Å². The second kappa shape index (κ2) is 10.4. The van der Waals surface area contributed by atoms with Crippen LogP contribution in [0.3, 0.4) is 0 Å². The topological polar surface area (TPSA) is 168 Å². The normalized spacial score (nSPS) is 15.1. The monoisotopic (exact) mass is 477 g/mol. The molecule has 7 N–H and O–H groups in total. The van der Waals surface area contributed by atoms with Gasteiger partial charge in [0.1, 0.15) is 5.69 Å². The second-order valence-electron chi connectivity index (χ2n) is 8.33. The van der Waals surface area contributed by atoms with Crippen molar-refractivity contribution in [2.24, 2.45) is 11.6 Å². The van der Waals surface area contributed by atoms with Crippen molar-refractivity contribution in [3.8, 4) is 6.07 Å². The molecule has 1 aliphatic carbocycles. The zero-order chi connectivity index (χ0) is 25.8. The highest BCUT2D eigenvalue weighted by Gasteiger charge is 2.48. The van der Waals surface area contributed by atoms with Crippen molar-refractivity contribution in [1.82, 2.24) is 15.3 Å². The number of hydrogen-bond donors (Lipinski definition) is 5. The first-order valence-electron chi connectivity index (χ1n) is 11.6. The van der Waals surface area contributed by atoms with Crippen LogP contribution in [-0.2, 0) is 17.8 Å². The van der Waals surface area contributed by atoms with E-state index in [0.29, 0.717) is 59.7 Å². The number of anilines is 1. The van der Waals surface area contributed by atoms with E-state index in [9.17, 15) is 14.4 Å². The van der Waals surface area contributed by atoms with Crippen LogP contribution in [-0.4, -0.2) is 27.7 Å². The molecular weight excluding hydrogens is 446 g/mol. The minimum atomic E-state index is -0.776. The van der Waals surface area contributed by atoms with Crippen molar-refractivity contribution in [2.45, 2.75) is 58.5 Å². The van der Waals surface area contributed by atoms with Crippen molar-refractivity contribution < 1.29 is 14.4 Å². The van der Waals surface area contributed by atoms with Crippen LogP contribution in [0.1, 0.15) is 70.8 Å². The molecule has 35 heavy (non-hydrogen) atoms. The third-order valence-electron chi connectivity index (χ3n) is 6.20. The van der Waals surface area contributed by atoms with Crippen molar-refractivity contribution in [1.29, 1.82) is 5.26 Å². The molecule has 2 aromatic rings. The lowest BCUT2D eigenvalue weighted by atomic mass is 10.0. The van der Waals surface area contributed by atoms with E-state index in [2.05, 4.69) is 16.1 Å². The number of carbonyl (C=O) groups is 3. The largest absolute Gasteiger partial charge is 0.399 e. The summed E-state index contributed by atoms with van der Waals surface area (Å²) in [6, 6.07) is 8.61. The first-order valence-corrected chi connectivity index (χ1v) is 11.6. The number of nitriles is 1. The van der Waals surface area contributed by atoms with E-state index >= 15 is 0 Å². The summed E-state index contributed by atoms with van der Waals surface area (Å²) in [5, 5.41) is 14.6. The quantitative estimate of drug-likeness (QED) is 0.176. The second-order valence-corrected chi connectivity index (χ2v) is 8.33. The smallest absolute Gasteiger partial charge is 0.293 e. The van der Waals surface area contributed by atoms with E-state index < -0.39 is 23.1 Å². The maximum atomic E-state index is 13.2. The number of aromatic nitrogens is 1. The Kier molecular flexibility index (Phi) is 7.62. The van der Waals surface area contributed by atoms with Gasteiger partial charge in [0.2, 0.25) is 0 Å². The molecule has 0 atom stereocenters. The molecule has 184 valence electrons. The van der Waals surface area contributed by atoms with Crippen LogP contribution in [0.15, 0.2) is 36.2 Å². The zero-order valence-corrected chi connectivity index (χ0v) is 20.2. The molecule has 4 rings (SSSR count). The maximum Gasteiger partial charge on any atom is 0.293 e. The fraction of sp³-hybridized carbons (Fsp3) is 0.360. The number of carbonyl (C=O) groups excluding carboxylic acids is 3. The molecule has 1 aliphatic heterocycles. The number of fused-ring (bicyclic) bond motifs is 1. The molecule has 2 amide bonds. The van der Waals surface area contributed by atoms with Gasteiger partial charge in [-0.25, -0.2) is 0 Å². The molecule has 10 heteroatoms. The zero-order valence-electron chi connectivity index (χ0n) is 20.2. The SMILES string of the molecule is CC.Cc1c(C(=O)C(=O)NC2(/C(N)=C/NN)CC2)c2n(c1C(=O)Nc1cccc(C#N)c1)CCC2. The van der Waals surface area contributed by atoms with Crippen LogP contribution in [0.5, 0.6) is 0 Å². The summed E-state index contributed by atoms with van der Waals surface area (Å²) in [5.41, 5.74) is 10.5. The van der Waals surface area contributed by atoms with Crippen molar-refractivity contribution in [3.63, 3.8) is 0 Å². The standard InChI is InChI=1S/C23H25N7O3.C2H6/c1-13-18(20(31)22(33)29-23(7-8-23)17(25)12-27-26)16-6-3-9-30(16)19(13)21(32)28-15-5-2-4-14(10-15)11-24;1-2/h2,4-5,10,12,27H,3,6-9,25-26H2,1H3,(H,28,32)(H,29,33);1-2H3/b17-12-;. The van der Waals surface area contributed by atoms with E-state index in [1.807, 2.05) is 19.9 Å². The van der Waals surface area contributed by atoms with Crippen molar-refractivity contribution in [2.75, 3.05) is 5.32 Å². The van der Waals surface area contributed by atoms with Crippen LogP contribution >= 0.6 is 0 Å². The number of nitrogens with zero attached hydrogens (tertiary/aromatic N) is 2. The molecule has 0 saturated heterocycles. The molecule has 1 saturated carbocycles. The summed E-state index contributed by atoms with van der Waals surface area (Å²) < 4.78 is 1.80. The third-order valence-corrected chi connectivity index (χ3v) is 6.20. The molecule has 1 aromatic carbocycles. The first kappa shape index (κ1) is 25.5. The van der Waals surface area contributed by atoms with Gasteiger partial charge in [0.15, 0.2) is 0 Å². The summed E-state index contributed by atoms with van der Waals surface area (Å²) in [6.07, 6.45) is 3.97. The van der Waals surface area contributed by atoms with Gasteiger partial charge in [-0.15, -0.1) is 0 Å². The van der Waals surface area contributed by atoms with Crippen LogP contribution in [0, 0.1) is 18.3 Å². The maximum absolute atomic E-state index is 13.2. The van der Waals surface area contributed by atoms with E-state index in [-0.39, 0.29) is 5.56 Å². The molecule has 0 spiro atoms. The Balaban J connectivity index is 0.00000167. The Morgan fingerprint density at radius 3 is 2.57 bits per heavy atom. The van der Waals surface area contributed by atoms with Gasteiger partial charge in [-0.1, -0.05) is 19.9 Å². The number of nitrogens with two attached hydrogens (primary N) is 2. The van der Waals surface area contributed by atoms with Gasteiger partial charge in [-0.05, 0) is 56.4 Å². The summed E-state index contributed by atoms with van der Waals surface area (Å²) in [5.74, 6) is 3.42. The van der Waals surface area contributed by atoms with Gasteiger partial charge in [0, 0.05) is 24.1 Å². The molecule has 2 aliphatic rings. The summed E-state index contributed by atoms with van der Waals surface area (Å²) in [4.78, 5) is 39.2. The number of Topliss-reactive ketones (excluding diaryl/α,β-unsaturated/α-hetero) is 1. The van der Waals surface area contributed by atoms with Crippen LogP contribution in [0.4, 0.5) is 5.69 Å². The Morgan fingerprint density at radius 2 is 1.94 bits per heavy atom. The average molecular weight is 478 g/mol. The Bertz CT molecular complexity index is 1230. The number of rotatable bonds is 7. The molecule has 0 bridgehead atoms. The van der Waals surface area contributed by atoms with Crippen LogP contribution < -0.4 is 27.6 Å². The third kappa shape index (κ3) is 4.90. The molecule has 0 unspecified atom stereocenters. The number of hydrazine groups is 1. The predicted molar refractivity (Wildman–Crippen MR) is 132 cm³/mol. The van der Waals surface area contributed by atoms with Crippen molar-refractivity contribution >= 4 is 23.3 Å². The summed E-state index contributed by atoms with van der Waals surface area (Å²) in [6.45, 7) is 6.25. The number of nitrogens with one attached hydrogen (secondary N) is 3. The summed E-state index contributed by atoms with van der Waals surface area (Å²) >= 11 is 0. The van der Waals surface area contributed by atoms with Crippen LogP contribution in [0.2, 0.25) is 0 Å². The number of amides is 2. The molecule has 1 fully saturated rings. The highest BCUT2D eigenvalue weighted by Crippen LogP contribution is 2.40. The van der Waals surface area contributed by atoms with Gasteiger partial charge >= 0.3 is 0 Å². The molecule has 2 heterocycles. The highest BCUT2D eigenvalue weighted by molar-refractivity contribution is 6.44. The Morgan fingerprint density at radius 1 is 1.23 bits per heavy atom. The molecule has 1 aromatic heterocycles. The minimum Gasteiger partial charge on any atom is -0.399 e.